The number of hydrogen-bond acceptors (Lipinski definition) is 4. The summed E-state index contributed by atoms with van der Waals surface area (Å²) in [6, 6.07) is 11.1. The van der Waals surface area contributed by atoms with Gasteiger partial charge in [-0.3, -0.25) is 9.69 Å². The third-order valence-electron chi connectivity index (χ3n) is 5.29. The summed E-state index contributed by atoms with van der Waals surface area (Å²) >= 11 is 3.49. The zero-order valence-electron chi connectivity index (χ0n) is 13.8. The number of nitrogens with one attached hydrogen (secondary N) is 1. The zero-order chi connectivity index (χ0) is 17.9. The molecule has 132 valence electrons. The Bertz CT molecular complexity index is 961. The van der Waals surface area contributed by atoms with Gasteiger partial charge in [-0.05, 0) is 41.7 Å². The molecule has 3 aliphatic rings. The Kier molecular flexibility index (Phi) is 3.31. The molecular weight excluding hydrogens is 400 g/mol. The number of nitrogens with zero attached hydrogens (tertiary/aromatic N) is 1. The van der Waals surface area contributed by atoms with Crippen LogP contribution >= 0.6 is 15.9 Å². The van der Waals surface area contributed by atoms with E-state index >= 15 is 0 Å². The van der Waals surface area contributed by atoms with E-state index in [-0.39, 0.29) is 25.3 Å². The molecule has 0 saturated carbocycles. The third kappa shape index (κ3) is 2.10. The van der Waals surface area contributed by atoms with Crippen LogP contribution in [-0.4, -0.2) is 23.6 Å². The molecule has 26 heavy (non-hydrogen) atoms. The molecule has 1 fully saturated rings. The van der Waals surface area contributed by atoms with Gasteiger partial charge in [-0.1, -0.05) is 40.2 Å². The lowest BCUT2D eigenvalue weighted by Gasteiger charge is -2.22. The summed E-state index contributed by atoms with van der Waals surface area (Å²) in [7, 11) is 0. The van der Waals surface area contributed by atoms with Gasteiger partial charge in [-0.15, -0.1) is 0 Å². The summed E-state index contributed by atoms with van der Waals surface area (Å²) in [6.07, 6.45) is 1.37. The van der Waals surface area contributed by atoms with Crippen molar-refractivity contribution in [3.05, 3.63) is 57.6 Å². The van der Waals surface area contributed by atoms with Gasteiger partial charge >= 0.3 is 6.03 Å². The smallest absolute Gasteiger partial charge is 0.325 e. The van der Waals surface area contributed by atoms with Crippen LogP contribution in [0.25, 0.3) is 0 Å². The highest BCUT2D eigenvalue weighted by Gasteiger charge is 2.55. The second-order valence-electron chi connectivity index (χ2n) is 6.68. The lowest BCUT2D eigenvalue weighted by molar-refractivity contribution is -0.132. The normalized spacial score (nSPS) is 22.9. The van der Waals surface area contributed by atoms with Crippen molar-refractivity contribution >= 4 is 27.9 Å². The number of benzene rings is 2. The van der Waals surface area contributed by atoms with Crippen molar-refractivity contribution in [1.29, 1.82) is 0 Å². The van der Waals surface area contributed by atoms with Gasteiger partial charge in [0.15, 0.2) is 11.5 Å². The van der Waals surface area contributed by atoms with Crippen LogP contribution in [0.15, 0.2) is 40.9 Å². The van der Waals surface area contributed by atoms with Crippen LogP contribution in [0.4, 0.5) is 4.79 Å². The fraction of sp³-hybridized carbons (Fsp3) is 0.263. The number of ether oxygens (including phenoxy) is 2. The minimum Gasteiger partial charge on any atom is -0.454 e. The molecule has 1 atom stereocenters. The first kappa shape index (κ1) is 15.7. The van der Waals surface area contributed by atoms with Gasteiger partial charge in [-0.25, -0.2) is 4.79 Å². The largest absolute Gasteiger partial charge is 0.454 e. The van der Waals surface area contributed by atoms with Crippen LogP contribution in [-0.2, 0) is 23.3 Å². The predicted octanol–water partition coefficient (Wildman–Crippen LogP) is 3.07. The van der Waals surface area contributed by atoms with Crippen LogP contribution in [0.5, 0.6) is 11.5 Å². The molecule has 1 saturated heterocycles. The van der Waals surface area contributed by atoms with Gasteiger partial charge in [-0.2, -0.15) is 0 Å². The maximum Gasteiger partial charge on any atom is 0.325 e. The highest BCUT2D eigenvalue weighted by Crippen LogP contribution is 2.43. The number of carbonyl (C=O) groups is 2. The summed E-state index contributed by atoms with van der Waals surface area (Å²) in [5, 5.41) is 2.94. The minimum absolute atomic E-state index is 0.172. The first-order chi connectivity index (χ1) is 12.6. The van der Waals surface area contributed by atoms with Gasteiger partial charge in [0.1, 0.15) is 5.54 Å². The SMILES string of the molecule is O=C1NC2(CCc3ccccc32)C(=O)N1Cc1cc2c(cc1Br)OCO2. The van der Waals surface area contributed by atoms with Crippen LogP contribution in [0.1, 0.15) is 23.1 Å². The topological polar surface area (TPSA) is 67.9 Å². The summed E-state index contributed by atoms with van der Waals surface area (Å²) in [5.74, 6) is 1.08. The van der Waals surface area contributed by atoms with E-state index < -0.39 is 5.54 Å². The van der Waals surface area contributed by atoms with E-state index in [1.54, 1.807) is 12.1 Å². The Morgan fingerprint density at radius 1 is 1.15 bits per heavy atom. The molecule has 0 bridgehead atoms. The molecule has 1 unspecified atom stereocenters. The minimum atomic E-state index is -0.934. The Labute approximate surface area is 158 Å². The highest BCUT2D eigenvalue weighted by molar-refractivity contribution is 9.10. The van der Waals surface area contributed by atoms with Crippen molar-refractivity contribution in [3.8, 4) is 11.5 Å². The van der Waals surface area contributed by atoms with Crippen molar-refractivity contribution in [2.45, 2.75) is 24.9 Å². The monoisotopic (exact) mass is 414 g/mol. The van der Waals surface area contributed by atoms with Crippen molar-refractivity contribution in [1.82, 2.24) is 10.2 Å². The Hall–Kier alpha value is -2.54. The van der Waals surface area contributed by atoms with Crippen LogP contribution in [0.3, 0.4) is 0 Å². The van der Waals surface area contributed by atoms with Crippen molar-refractivity contribution < 1.29 is 19.1 Å². The number of imide groups is 1. The number of urea groups is 1. The number of fused-ring (bicyclic) bond motifs is 3. The van der Waals surface area contributed by atoms with Crippen LogP contribution < -0.4 is 14.8 Å². The average Bonchev–Trinajstić information content (AvgIpc) is 3.29. The molecule has 6 nitrogen and oxygen atoms in total. The second-order valence-corrected chi connectivity index (χ2v) is 7.54. The van der Waals surface area contributed by atoms with Crippen molar-refractivity contribution in [2.24, 2.45) is 0 Å². The molecule has 0 aromatic heterocycles. The zero-order valence-corrected chi connectivity index (χ0v) is 15.3. The Morgan fingerprint density at radius 3 is 2.77 bits per heavy atom. The molecule has 2 heterocycles. The van der Waals surface area contributed by atoms with Gasteiger partial charge in [0.2, 0.25) is 6.79 Å². The van der Waals surface area contributed by atoms with Gasteiger partial charge < -0.3 is 14.8 Å². The molecule has 1 spiro atoms. The molecule has 1 N–H and O–H groups in total. The summed E-state index contributed by atoms with van der Waals surface area (Å²) in [4.78, 5) is 27.1. The lowest BCUT2D eigenvalue weighted by Crippen LogP contribution is -2.41. The van der Waals surface area contributed by atoms with E-state index in [4.69, 9.17) is 9.47 Å². The number of hydrogen-bond donors (Lipinski definition) is 1. The second kappa shape index (κ2) is 5.48. The summed E-state index contributed by atoms with van der Waals surface area (Å²) < 4.78 is 11.5. The fourth-order valence-electron chi connectivity index (χ4n) is 3.98. The summed E-state index contributed by atoms with van der Waals surface area (Å²) in [5.41, 5.74) is 1.88. The van der Waals surface area contributed by atoms with E-state index in [0.29, 0.717) is 17.9 Å². The molecule has 2 aromatic carbocycles. The van der Waals surface area contributed by atoms with E-state index in [2.05, 4.69) is 21.2 Å². The van der Waals surface area contributed by atoms with Crippen molar-refractivity contribution in [2.75, 3.05) is 6.79 Å². The van der Waals surface area contributed by atoms with Gasteiger partial charge in [0, 0.05) is 4.47 Å². The number of amides is 3. The average molecular weight is 415 g/mol. The first-order valence-corrected chi connectivity index (χ1v) is 9.18. The highest BCUT2D eigenvalue weighted by atomic mass is 79.9. The molecular formula is C19H15BrN2O4. The maximum absolute atomic E-state index is 13.2. The van der Waals surface area contributed by atoms with Gasteiger partial charge in [0.05, 0.1) is 6.54 Å². The molecule has 0 radical (unpaired) electrons. The fourth-order valence-corrected chi connectivity index (χ4v) is 4.43. The number of carbonyl (C=O) groups excluding carboxylic acids is 2. The standard InChI is InChI=1S/C19H15BrN2O4/c20-14-8-16-15(25-10-26-16)7-12(14)9-22-17(23)19(21-18(22)24)6-5-11-3-1-2-4-13(11)19/h1-4,7-8H,5-6,9-10H2,(H,21,24). The van der Waals surface area contributed by atoms with Gasteiger partial charge in [0.25, 0.3) is 5.91 Å². The van der Waals surface area contributed by atoms with Crippen LogP contribution in [0.2, 0.25) is 0 Å². The third-order valence-corrected chi connectivity index (χ3v) is 6.03. The van der Waals surface area contributed by atoms with Crippen molar-refractivity contribution in [3.63, 3.8) is 0 Å². The predicted molar refractivity (Wildman–Crippen MR) is 95.8 cm³/mol. The maximum atomic E-state index is 13.2. The Morgan fingerprint density at radius 2 is 1.92 bits per heavy atom. The summed E-state index contributed by atoms with van der Waals surface area (Å²) in [6.45, 7) is 0.347. The number of rotatable bonds is 2. The molecule has 7 heteroatoms. The number of aryl methyl sites for hydroxylation is 1. The molecule has 1 aliphatic carbocycles. The van der Waals surface area contributed by atoms with Crippen LogP contribution in [0, 0.1) is 0 Å². The number of halogens is 1. The van der Waals surface area contributed by atoms with E-state index in [0.717, 1.165) is 27.6 Å². The molecule has 3 amide bonds. The quantitative estimate of drug-likeness (QED) is 0.766. The van der Waals surface area contributed by atoms with E-state index in [9.17, 15) is 9.59 Å². The molecule has 2 aromatic rings. The van der Waals surface area contributed by atoms with E-state index in [1.807, 2.05) is 24.3 Å². The Balaban J connectivity index is 1.49. The molecule has 2 aliphatic heterocycles. The first-order valence-electron chi connectivity index (χ1n) is 8.39. The molecule has 5 rings (SSSR count). The lowest BCUT2D eigenvalue weighted by atomic mass is 9.92. The van der Waals surface area contributed by atoms with E-state index in [1.165, 1.54) is 4.90 Å².